The minimum absolute atomic E-state index is 0.910. The van der Waals surface area contributed by atoms with Gasteiger partial charge in [0.25, 0.3) is 0 Å². The van der Waals surface area contributed by atoms with Crippen molar-refractivity contribution < 1.29 is 4.42 Å². The Labute approximate surface area is 268 Å². The van der Waals surface area contributed by atoms with E-state index in [0.29, 0.717) is 0 Å². The quantitative estimate of drug-likeness (QED) is 0.195. The molecule has 12 rings (SSSR count). The summed E-state index contributed by atoms with van der Waals surface area (Å²) in [6.07, 6.45) is 0. The minimum Gasteiger partial charge on any atom is -0.456 e. The van der Waals surface area contributed by atoms with Gasteiger partial charge in [-0.2, -0.15) is 0 Å². The zero-order valence-corrected chi connectivity index (χ0v) is 25.2. The maximum absolute atomic E-state index is 6.40. The van der Waals surface area contributed by atoms with Crippen molar-refractivity contribution in [1.82, 2.24) is 9.13 Å². The molecule has 0 N–H and O–H groups in total. The van der Waals surface area contributed by atoms with Crippen LogP contribution in [0.2, 0.25) is 0 Å². The summed E-state index contributed by atoms with van der Waals surface area (Å²) in [6.45, 7) is 0. The molecule has 0 unspecified atom stereocenters. The maximum atomic E-state index is 6.40. The lowest BCUT2D eigenvalue weighted by Gasteiger charge is -2.11. The van der Waals surface area contributed by atoms with Gasteiger partial charge in [-0.3, -0.25) is 0 Å². The summed E-state index contributed by atoms with van der Waals surface area (Å²) in [5.41, 5.74) is 11.7. The van der Waals surface area contributed by atoms with Crippen LogP contribution in [-0.4, -0.2) is 9.13 Å². The van der Waals surface area contributed by atoms with Crippen LogP contribution in [0.5, 0.6) is 0 Å². The van der Waals surface area contributed by atoms with Crippen LogP contribution in [0.25, 0.3) is 110 Å². The highest BCUT2D eigenvalue weighted by atomic mass is 16.3. The fourth-order valence-corrected chi connectivity index (χ4v) is 8.68. The third-order valence-electron chi connectivity index (χ3n) is 10.6. The van der Waals surface area contributed by atoms with Gasteiger partial charge in [-0.15, -0.1) is 0 Å². The number of hydrogen-bond acceptors (Lipinski definition) is 1. The van der Waals surface area contributed by atoms with Gasteiger partial charge < -0.3 is 13.6 Å². The largest absolute Gasteiger partial charge is 0.456 e. The van der Waals surface area contributed by atoms with Crippen molar-refractivity contribution in [3.05, 3.63) is 146 Å². The van der Waals surface area contributed by atoms with Crippen LogP contribution in [0.3, 0.4) is 0 Å². The van der Waals surface area contributed by atoms with E-state index in [0.717, 1.165) is 27.6 Å². The number of para-hydroxylation sites is 1. The molecule has 8 aromatic carbocycles. The first-order valence-electron chi connectivity index (χ1n) is 16.2. The molecular weight excluding hydrogens is 572 g/mol. The first kappa shape index (κ1) is 24.0. The van der Waals surface area contributed by atoms with E-state index in [4.69, 9.17) is 4.42 Å². The van der Waals surface area contributed by atoms with Crippen molar-refractivity contribution in [3.8, 4) is 22.5 Å². The molecule has 3 nitrogen and oxygen atoms in total. The normalized spacial score (nSPS) is 12.7. The molecule has 3 heteroatoms. The average molecular weight is 597 g/mol. The Hall–Kier alpha value is -6.32. The number of nitrogens with zero attached hydrogens (tertiary/aromatic N) is 2. The Balaban J connectivity index is 1.25. The van der Waals surface area contributed by atoms with Crippen molar-refractivity contribution in [1.29, 1.82) is 0 Å². The number of hydrogen-bond donors (Lipinski definition) is 0. The van der Waals surface area contributed by atoms with E-state index in [-0.39, 0.29) is 0 Å². The van der Waals surface area contributed by atoms with Gasteiger partial charge in [-0.05, 0) is 94.0 Å². The first-order chi connectivity index (χ1) is 23.3. The van der Waals surface area contributed by atoms with Crippen molar-refractivity contribution in [2.75, 3.05) is 0 Å². The lowest BCUT2D eigenvalue weighted by atomic mass is 9.98. The molecule has 47 heavy (non-hydrogen) atoms. The van der Waals surface area contributed by atoms with Crippen molar-refractivity contribution in [2.45, 2.75) is 0 Å². The Bertz CT molecular complexity index is 3170. The molecular formula is C44H24N2O. The van der Waals surface area contributed by atoms with Gasteiger partial charge >= 0.3 is 0 Å². The third-order valence-corrected chi connectivity index (χ3v) is 10.6. The molecule has 0 spiro atoms. The van der Waals surface area contributed by atoms with Gasteiger partial charge in [0, 0.05) is 49.1 Å². The Morgan fingerprint density at radius 3 is 1.64 bits per heavy atom. The van der Waals surface area contributed by atoms with Gasteiger partial charge in [0.15, 0.2) is 0 Å². The zero-order valence-electron chi connectivity index (χ0n) is 25.2. The van der Waals surface area contributed by atoms with E-state index in [9.17, 15) is 0 Å². The number of benzene rings is 8. The lowest BCUT2D eigenvalue weighted by molar-refractivity contribution is 0.669. The summed E-state index contributed by atoms with van der Waals surface area (Å²) < 4.78 is 11.3. The fraction of sp³-hybridized carbons (Fsp3) is 0. The first-order valence-corrected chi connectivity index (χ1v) is 16.2. The maximum Gasteiger partial charge on any atom is 0.136 e. The summed E-state index contributed by atoms with van der Waals surface area (Å²) in [5, 5.41) is 12.6. The van der Waals surface area contributed by atoms with E-state index >= 15 is 0 Å². The standard InChI is InChI=1S/C44H24N2O/c1-2-10-28(11-3-1)45-34-14-6-12-30-31-13-7-15-35-42(31)44-37(20-17-25-16-19-36(45)43(40(25)44)41(30)34)46(35)29-18-21-38-33(24-29)32-22-26-8-4-5-9-27(26)23-39(32)47-38/h1-24H. The molecule has 0 radical (unpaired) electrons. The Morgan fingerprint density at radius 1 is 0.340 bits per heavy atom. The number of rotatable bonds is 2. The van der Waals surface area contributed by atoms with Crippen LogP contribution in [0.4, 0.5) is 0 Å². The SMILES string of the molecule is c1ccc(-n2c3cccc4c3c3c5c(ccc32)ccc2c5c3c-4cccc3n2-c2ccc3oc4cc5ccccc5cc4c3c2)cc1. The minimum atomic E-state index is 0.910. The van der Waals surface area contributed by atoms with E-state index in [2.05, 4.69) is 155 Å². The number of furan rings is 1. The van der Waals surface area contributed by atoms with Crippen molar-refractivity contribution in [2.24, 2.45) is 0 Å². The highest BCUT2D eigenvalue weighted by molar-refractivity contribution is 6.38. The second kappa shape index (κ2) is 8.28. The van der Waals surface area contributed by atoms with Crippen LogP contribution >= 0.6 is 0 Å². The smallest absolute Gasteiger partial charge is 0.136 e. The predicted octanol–water partition coefficient (Wildman–Crippen LogP) is 12.1. The van der Waals surface area contributed by atoms with Crippen LogP contribution in [0.1, 0.15) is 0 Å². The third kappa shape index (κ3) is 2.89. The molecule has 1 aliphatic rings. The van der Waals surface area contributed by atoms with Crippen molar-refractivity contribution >= 4 is 87.1 Å². The van der Waals surface area contributed by atoms with Crippen molar-refractivity contribution in [3.63, 3.8) is 0 Å². The zero-order chi connectivity index (χ0) is 30.4. The lowest BCUT2D eigenvalue weighted by Crippen LogP contribution is -1.94. The Morgan fingerprint density at radius 2 is 0.936 bits per heavy atom. The molecule has 0 aliphatic heterocycles. The molecule has 3 heterocycles. The van der Waals surface area contributed by atoms with Crippen LogP contribution in [0, 0.1) is 0 Å². The van der Waals surface area contributed by atoms with Gasteiger partial charge in [-0.25, -0.2) is 0 Å². The molecule has 0 fully saturated rings. The number of fused-ring (bicyclic) bond motifs is 5. The molecule has 1 aliphatic carbocycles. The molecule has 0 atom stereocenters. The highest BCUT2D eigenvalue weighted by Crippen LogP contribution is 2.51. The monoisotopic (exact) mass is 596 g/mol. The summed E-state index contributed by atoms with van der Waals surface area (Å²) in [5.74, 6) is 0. The summed E-state index contributed by atoms with van der Waals surface area (Å²) >= 11 is 0. The van der Waals surface area contributed by atoms with E-state index in [1.165, 1.54) is 82.0 Å². The van der Waals surface area contributed by atoms with Crippen LogP contribution in [-0.2, 0) is 0 Å². The second-order valence-electron chi connectivity index (χ2n) is 12.9. The Kier molecular flexibility index (Phi) is 4.22. The number of aromatic nitrogens is 2. The fourth-order valence-electron chi connectivity index (χ4n) is 8.68. The van der Waals surface area contributed by atoms with E-state index < -0.39 is 0 Å². The van der Waals surface area contributed by atoms with Crippen LogP contribution in [0.15, 0.2) is 150 Å². The molecule has 216 valence electrons. The van der Waals surface area contributed by atoms with Gasteiger partial charge in [0.1, 0.15) is 11.2 Å². The summed E-state index contributed by atoms with van der Waals surface area (Å²) in [4.78, 5) is 0. The average Bonchev–Trinajstić information content (AvgIpc) is 3.74. The molecule has 0 bridgehead atoms. The second-order valence-corrected chi connectivity index (χ2v) is 12.9. The highest BCUT2D eigenvalue weighted by Gasteiger charge is 2.27. The summed E-state index contributed by atoms with van der Waals surface area (Å²) in [6, 6.07) is 53.3. The molecule has 11 aromatic rings. The molecule has 0 amide bonds. The topological polar surface area (TPSA) is 23.0 Å². The van der Waals surface area contributed by atoms with E-state index in [1.54, 1.807) is 0 Å². The molecule has 3 aromatic heterocycles. The predicted molar refractivity (Wildman–Crippen MR) is 196 cm³/mol. The van der Waals surface area contributed by atoms with E-state index in [1.807, 2.05) is 0 Å². The van der Waals surface area contributed by atoms with Gasteiger partial charge in [0.05, 0.1) is 22.1 Å². The molecule has 0 saturated heterocycles. The molecule has 0 saturated carbocycles. The van der Waals surface area contributed by atoms with Gasteiger partial charge in [0.2, 0.25) is 0 Å². The van der Waals surface area contributed by atoms with Crippen LogP contribution < -0.4 is 0 Å². The van der Waals surface area contributed by atoms with Gasteiger partial charge in [-0.1, -0.05) is 78.9 Å². The summed E-state index contributed by atoms with van der Waals surface area (Å²) in [7, 11) is 0.